The van der Waals surface area contributed by atoms with Crippen LogP contribution >= 0.6 is 0 Å². The second-order valence-corrected chi connectivity index (χ2v) is 6.54. The van der Waals surface area contributed by atoms with E-state index in [-0.39, 0.29) is 11.4 Å². The highest BCUT2D eigenvalue weighted by Gasteiger charge is 2.13. The van der Waals surface area contributed by atoms with Gasteiger partial charge in [0.05, 0.1) is 11.5 Å². The Morgan fingerprint density at radius 3 is 2.70 bits per heavy atom. The molecule has 2 N–H and O–H groups in total. The van der Waals surface area contributed by atoms with Crippen LogP contribution in [0.15, 0.2) is 29.2 Å². The standard InChI is InChI=1S/C14H24N2O3S/c1-4-19-9-8-16-20(17,18)14-7-5-6-13(10-14)11-15-12(2)3/h5-7,10,12,15-16H,4,8-9,11H2,1-3H3. The van der Waals surface area contributed by atoms with Crippen molar-refractivity contribution in [3.05, 3.63) is 29.8 Å². The third kappa shape index (κ3) is 6.00. The van der Waals surface area contributed by atoms with Crippen LogP contribution in [0.1, 0.15) is 26.3 Å². The molecule has 0 amide bonds. The Hall–Kier alpha value is -0.950. The summed E-state index contributed by atoms with van der Waals surface area (Å²) in [6, 6.07) is 7.32. The normalized spacial score (nSPS) is 12.0. The molecule has 0 aromatic heterocycles. The zero-order valence-electron chi connectivity index (χ0n) is 12.3. The Bertz CT molecular complexity index is 501. The van der Waals surface area contributed by atoms with E-state index in [1.165, 1.54) is 0 Å². The summed E-state index contributed by atoms with van der Waals surface area (Å²) < 4.78 is 31.8. The smallest absolute Gasteiger partial charge is 0.240 e. The van der Waals surface area contributed by atoms with E-state index in [9.17, 15) is 8.42 Å². The molecule has 1 aromatic rings. The minimum absolute atomic E-state index is 0.282. The zero-order chi connectivity index (χ0) is 15.0. The van der Waals surface area contributed by atoms with Crippen molar-refractivity contribution in [3.63, 3.8) is 0 Å². The van der Waals surface area contributed by atoms with Gasteiger partial charge in [-0.25, -0.2) is 13.1 Å². The van der Waals surface area contributed by atoms with Crippen LogP contribution in [0.3, 0.4) is 0 Å². The number of benzene rings is 1. The molecular formula is C14H24N2O3S. The van der Waals surface area contributed by atoms with Gasteiger partial charge in [-0.2, -0.15) is 0 Å². The molecule has 0 aliphatic carbocycles. The lowest BCUT2D eigenvalue weighted by Crippen LogP contribution is -2.27. The van der Waals surface area contributed by atoms with Gasteiger partial charge < -0.3 is 10.1 Å². The fraction of sp³-hybridized carbons (Fsp3) is 0.571. The molecule has 1 aromatic carbocycles. The maximum Gasteiger partial charge on any atom is 0.240 e. The summed E-state index contributed by atoms with van der Waals surface area (Å²) in [5.74, 6) is 0. The van der Waals surface area contributed by atoms with E-state index in [0.29, 0.717) is 25.8 Å². The topological polar surface area (TPSA) is 67.4 Å². The third-order valence-corrected chi connectivity index (χ3v) is 4.12. The predicted molar refractivity (Wildman–Crippen MR) is 80.1 cm³/mol. The van der Waals surface area contributed by atoms with Crippen LogP contribution in [0.4, 0.5) is 0 Å². The molecule has 5 nitrogen and oxygen atoms in total. The van der Waals surface area contributed by atoms with Gasteiger partial charge in [0.2, 0.25) is 10.0 Å². The second-order valence-electron chi connectivity index (χ2n) is 4.78. The molecule has 6 heteroatoms. The van der Waals surface area contributed by atoms with Crippen LogP contribution < -0.4 is 10.0 Å². The molecule has 20 heavy (non-hydrogen) atoms. The summed E-state index contributed by atoms with van der Waals surface area (Å²) in [6.45, 7) is 7.87. The van der Waals surface area contributed by atoms with E-state index in [4.69, 9.17) is 4.74 Å². The van der Waals surface area contributed by atoms with E-state index < -0.39 is 10.0 Å². The summed E-state index contributed by atoms with van der Waals surface area (Å²) >= 11 is 0. The molecule has 0 radical (unpaired) electrons. The first kappa shape index (κ1) is 17.1. The van der Waals surface area contributed by atoms with Gasteiger partial charge in [0.1, 0.15) is 0 Å². The van der Waals surface area contributed by atoms with E-state index >= 15 is 0 Å². The second kappa shape index (κ2) is 8.36. The van der Waals surface area contributed by atoms with E-state index in [1.807, 2.05) is 13.0 Å². The van der Waals surface area contributed by atoms with Crippen LogP contribution in [0, 0.1) is 0 Å². The minimum atomic E-state index is -3.46. The van der Waals surface area contributed by atoms with Crippen molar-refractivity contribution in [1.82, 2.24) is 10.0 Å². The van der Waals surface area contributed by atoms with Crippen LogP contribution in [-0.4, -0.2) is 34.2 Å². The van der Waals surface area contributed by atoms with Gasteiger partial charge in [0.25, 0.3) is 0 Å². The maximum absolute atomic E-state index is 12.1. The number of rotatable bonds is 9. The molecule has 1 rings (SSSR count). The lowest BCUT2D eigenvalue weighted by Gasteiger charge is -2.10. The lowest BCUT2D eigenvalue weighted by molar-refractivity contribution is 0.153. The van der Waals surface area contributed by atoms with E-state index in [1.54, 1.807) is 18.2 Å². The van der Waals surface area contributed by atoms with Gasteiger partial charge in [-0.3, -0.25) is 0 Å². The highest BCUT2D eigenvalue weighted by Crippen LogP contribution is 2.11. The highest BCUT2D eigenvalue weighted by molar-refractivity contribution is 7.89. The van der Waals surface area contributed by atoms with Crippen molar-refractivity contribution in [2.75, 3.05) is 19.8 Å². The maximum atomic E-state index is 12.1. The average Bonchev–Trinajstić information content (AvgIpc) is 2.42. The number of sulfonamides is 1. The number of hydrogen-bond acceptors (Lipinski definition) is 4. The van der Waals surface area contributed by atoms with Crippen molar-refractivity contribution >= 4 is 10.0 Å². The molecule has 0 heterocycles. The molecule has 0 bridgehead atoms. The van der Waals surface area contributed by atoms with Gasteiger partial charge in [-0.05, 0) is 24.6 Å². The first-order valence-corrected chi connectivity index (χ1v) is 8.33. The van der Waals surface area contributed by atoms with Crippen molar-refractivity contribution in [2.24, 2.45) is 0 Å². The Balaban J connectivity index is 2.67. The van der Waals surface area contributed by atoms with Crippen LogP contribution in [0.25, 0.3) is 0 Å². The average molecular weight is 300 g/mol. The lowest BCUT2D eigenvalue weighted by atomic mass is 10.2. The van der Waals surface area contributed by atoms with Crippen LogP contribution in [-0.2, 0) is 21.3 Å². The third-order valence-electron chi connectivity index (χ3n) is 2.67. The van der Waals surface area contributed by atoms with Crippen LogP contribution in [0.2, 0.25) is 0 Å². The molecular weight excluding hydrogens is 276 g/mol. The molecule has 0 unspecified atom stereocenters. The number of ether oxygens (including phenoxy) is 1. The molecule has 0 saturated heterocycles. The molecule has 0 aliphatic rings. The highest BCUT2D eigenvalue weighted by atomic mass is 32.2. The SMILES string of the molecule is CCOCCNS(=O)(=O)c1cccc(CNC(C)C)c1. The summed E-state index contributed by atoms with van der Waals surface area (Å²) in [4.78, 5) is 0.289. The Labute approximate surface area is 121 Å². The molecule has 0 atom stereocenters. The fourth-order valence-corrected chi connectivity index (χ4v) is 2.70. The largest absolute Gasteiger partial charge is 0.380 e. The Morgan fingerprint density at radius 1 is 1.30 bits per heavy atom. The predicted octanol–water partition coefficient (Wildman–Crippen LogP) is 1.50. The minimum Gasteiger partial charge on any atom is -0.380 e. The van der Waals surface area contributed by atoms with E-state index in [2.05, 4.69) is 23.9 Å². The molecule has 0 spiro atoms. The quantitative estimate of drug-likeness (QED) is 0.678. The van der Waals surface area contributed by atoms with Gasteiger partial charge >= 0.3 is 0 Å². The van der Waals surface area contributed by atoms with E-state index in [0.717, 1.165) is 5.56 Å². The van der Waals surface area contributed by atoms with Gasteiger partial charge in [0.15, 0.2) is 0 Å². The first-order chi connectivity index (χ1) is 9.45. The summed E-state index contributed by atoms with van der Waals surface area (Å²) in [5, 5.41) is 3.27. The van der Waals surface area contributed by atoms with Gasteiger partial charge in [-0.15, -0.1) is 0 Å². The summed E-state index contributed by atoms with van der Waals surface area (Å²) in [6.07, 6.45) is 0. The van der Waals surface area contributed by atoms with Gasteiger partial charge in [-0.1, -0.05) is 26.0 Å². The van der Waals surface area contributed by atoms with Gasteiger partial charge in [0, 0.05) is 25.7 Å². The monoisotopic (exact) mass is 300 g/mol. The fourth-order valence-electron chi connectivity index (χ4n) is 1.62. The first-order valence-electron chi connectivity index (χ1n) is 6.85. The van der Waals surface area contributed by atoms with Crippen molar-refractivity contribution in [3.8, 4) is 0 Å². The number of nitrogens with one attached hydrogen (secondary N) is 2. The van der Waals surface area contributed by atoms with Crippen molar-refractivity contribution < 1.29 is 13.2 Å². The van der Waals surface area contributed by atoms with Crippen LogP contribution in [0.5, 0.6) is 0 Å². The molecule has 0 aliphatic heterocycles. The van der Waals surface area contributed by atoms with Crippen molar-refractivity contribution in [2.45, 2.75) is 38.3 Å². The zero-order valence-corrected chi connectivity index (χ0v) is 13.2. The molecule has 0 fully saturated rings. The Morgan fingerprint density at radius 2 is 2.05 bits per heavy atom. The van der Waals surface area contributed by atoms with Crippen molar-refractivity contribution in [1.29, 1.82) is 0 Å². The molecule has 0 saturated carbocycles. The summed E-state index contributed by atoms with van der Waals surface area (Å²) in [7, 11) is -3.46. The molecule has 114 valence electrons. The summed E-state index contributed by atoms with van der Waals surface area (Å²) in [5.41, 5.74) is 0.950. The number of hydrogen-bond donors (Lipinski definition) is 2. The Kier molecular flexibility index (Phi) is 7.15.